The summed E-state index contributed by atoms with van der Waals surface area (Å²) in [5, 5.41) is 0. The molecule has 7 nitrogen and oxygen atoms in total. The lowest BCUT2D eigenvalue weighted by molar-refractivity contribution is -0.207. The van der Waals surface area contributed by atoms with Gasteiger partial charge >= 0.3 is 11.9 Å². The van der Waals surface area contributed by atoms with Crippen molar-refractivity contribution in [1.29, 1.82) is 0 Å². The molecule has 0 aromatic rings. The molecule has 0 amide bonds. The third-order valence-electron chi connectivity index (χ3n) is 12.1. The quantitative estimate of drug-likeness (QED) is 0.129. The lowest BCUT2D eigenvalue weighted by Crippen LogP contribution is -2.64. The van der Waals surface area contributed by atoms with Gasteiger partial charge in [0.1, 0.15) is 30.9 Å². The van der Waals surface area contributed by atoms with E-state index in [-0.39, 0.29) is 64.4 Å². The van der Waals surface area contributed by atoms with Crippen LogP contribution in [0, 0.1) is 39.4 Å². The van der Waals surface area contributed by atoms with Gasteiger partial charge in [-0.1, -0.05) is 52.7 Å². The lowest BCUT2D eigenvalue weighted by Gasteiger charge is -2.67. The van der Waals surface area contributed by atoms with E-state index in [2.05, 4.69) is 27.7 Å². The van der Waals surface area contributed by atoms with Gasteiger partial charge in [-0.2, -0.15) is 0 Å². The fourth-order valence-corrected chi connectivity index (χ4v) is 10.0. The highest BCUT2D eigenvalue weighted by Crippen LogP contribution is 2.73. The summed E-state index contributed by atoms with van der Waals surface area (Å²) in [7, 11) is 0. The fraction of sp³-hybridized carbons (Fsp3) is 0.824. The SMILES string of the molecule is CC(=O)O[C@@H](C[C@@H](C)C1=C2C[C@H](OC(C)=O)[C@H]3[C@@](C)(CC=O)C(C(C)(C)C=O)CC[C@]3(C)[C@@]2(C)CC1)[C@H]1OC1(C)C. The molecule has 1 aliphatic heterocycles. The molecular weight excluding hydrogens is 520 g/mol. The van der Waals surface area contributed by atoms with E-state index in [4.69, 9.17) is 14.2 Å². The minimum Gasteiger partial charge on any atom is -0.462 e. The summed E-state index contributed by atoms with van der Waals surface area (Å²) in [4.78, 5) is 49.1. The van der Waals surface area contributed by atoms with Crippen molar-refractivity contribution in [1.82, 2.24) is 0 Å². The summed E-state index contributed by atoms with van der Waals surface area (Å²) in [6.07, 6.45) is 6.53. The highest BCUT2D eigenvalue weighted by atomic mass is 16.6. The van der Waals surface area contributed by atoms with E-state index in [1.165, 1.54) is 25.0 Å². The first kappa shape index (κ1) is 31.9. The Kier molecular flexibility index (Phi) is 8.25. The molecule has 3 aliphatic carbocycles. The molecule has 0 N–H and O–H groups in total. The molecule has 9 atom stereocenters. The minimum absolute atomic E-state index is 0.00542. The molecule has 4 aliphatic rings. The number of ether oxygens (including phenoxy) is 3. The maximum atomic E-state index is 12.5. The fourth-order valence-electron chi connectivity index (χ4n) is 10.0. The molecule has 0 spiro atoms. The largest absolute Gasteiger partial charge is 0.462 e. The monoisotopic (exact) mass is 572 g/mol. The highest BCUT2D eigenvalue weighted by Gasteiger charge is 2.68. The Morgan fingerprint density at radius 1 is 1.07 bits per heavy atom. The summed E-state index contributed by atoms with van der Waals surface area (Å²) in [6.45, 7) is 20.0. The maximum absolute atomic E-state index is 12.5. The van der Waals surface area contributed by atoms with Crippen LogP contribution in [0.5, 0.6) is 0 Å². The first-order valence-electron chi connectivity index (χ1n) is 15.5. The molecule has 4 rings (SSSR count). The number of esters is 2. The van der Waals surface area contributed by atoms with Crippen LogP contribution in [0.2, 0.25) is 0 Å². The van der Waals surface area contributed by atoms with E-state index < -0.39 is 10.8 Å². The number of fused-ring (bicyclic) bond motifs is 3. The third kappa shape index (κ3) is 5.23. The minimum atomic E-state index is -0.601. The molecule has 1 heterocycles. The molecule has 1 saturated heterocycles. The molecule has 0 aromatic heterocycles. The van der Waals surface area contributed by atoms with E-state index in [9.17, 15) is 19.2 Å². The molecule has 0 aromatic carbocycles. The van der Waals surface area contributed by atoms with E-state index >= 15 is 0 Å². The van der Waals surface area contributed by atoms with Crippen molar-refractivity contribution in [2.45, 2.75) is 138 Å². The topological polar surface area (TPSA) is 99.3 Å². The molecular formula is C34H52O7. The van der Waals surface area contributed by atoms with Crippen molar-refractivity contribution >= 4 is 24.5 Å². The number of hydrogen-bond acceptors (Lipinski definition) is 7. The first-order chi connectivity index (χ1) is 18.9. The predicted molar refractivity (Wildman–Crippen MR) is 156 cm³/mol. The molecule has 1 unspecified atom stereocenters. The van der Waals surface area contributed by atoms with Gasteiger partial charge in [0.05, 0.1) is 5.60 Å². The van der Waals surface area contributed by atoms with Gasteiger partial charge in [0, 0.05) is 38.0 Å². The molecule has 0 radical (unpaired) electrons. The third-order valence-corrected chi connectivity index (χ3v) is 12.1. The number of epoxide rings is 1. The molecule has 3 fully saturated rings. The predicted octanol–water partition coefficient (Wildman–Crippen LogP) is 6.41. The molecule has 2 saturated carbocycles. The normalized spacial score (nSPS) is 39.2. The van der Waals surface area contributed by atoms with Crippen LogP contribution in [0.3, 0.4) is 0 Å². The van der Waals surface area contributed by atoms with Gasteiger partial charge in [0.15, 0.2) is 0 Å². The van der Waals surface area contributed by atoms with Crippen molar-refractivity contribution in [3.05, 3.63) is 11.1 Å². The Bertz CT molecular complexity index is 1120. The van der Waals surface area contributed by atoms with Crippen molar-refractivity contribution in [2.75, 3.05) is 0 Å². The molecule has 7 heteroatoms. The number of carbonyl (C=O) groups excluding carboxylic acids is 4. The van der Waals surface area contributed by atoms with E-state index in [1.54, 1.807) is 0 Å². The van der Waals surface area contributed by atoms with Gasteiger partial charge in [0.25, 0.3) is 0 Å². The number of carbonyl (C=O) groups is 4. The number of rotatable bonds is 10. The van der Waals surface area contributed by atoms with Crippen molar-refractivity contribution in [3.8, 4) is 0 Å². The van der Waals surface area contributed by atoms with Crippen LogP contribution >= 0.6 is 0 Å². The van der Waals surface area contributed by atoms with Gasteiger partial charge in [-0.25, -0.2) is 0 Å². The van der Waals surface area contributed by atoms with E-state index in [0.29, 0.717) is 19.3 Å². The van der Waals surface area contributed by atoms with Crippen LogP contribution in [-0.2, 0) is 33.4 Å². The van der Waals surface area contributed by atoms with Crippen LogP contribution in [0.15, 0.2) is 11.1 Å². The summed E-state index contributed by atoms with van der Waals surface area (Å²) in [5.74, 6) is -0.521. The second kappa shape index (κ2) is 10.6. The summed E-state index contributed by atoms with van der Waals surface area (Å²) >= 11 is 0. The molecule has 230 valence electrons. The zero-order chi connectivity index (χ0) is 30.8. The van der Waals surface area contributed by atoms with E-state index in [0.717, 1.165) is 38.3 Å². The molecule has 41 heavy (non-hydrogen) atoms. The molecule has 0 bridgehead atoms. The Morgan fingerprint density at radius 2 is 1.71 bits per heavy atom. The van der Waals surface area contributed by atoms with Crippen molar-refractivity contribution < 1.29 is 33.4 Å². The zero-order valence-electron chi connectivity index (χ0n) is 26.9. The highest BCUT2D eigenvalue weighted by molar-refractivity contribution is 5.67. The van der Waals surface area contributed by atoms with Crippen LogP contribution < -0.4 is 0 Å². The van der Waals surface area contributed by atoms with Gasteiger partial charge in [-0.05, 0) is 74.0 Å². The second-order valence-corrected chi connectivity index (χ2v) is 15.4. The average molecular weight is 573 g/mol. The number of hydrogen-bond donors (Lipinski definition) is 0. The van der Waals surface area contributed by atoms with Crippen LogP contribution in [0.4, 0.5) is 0 Å². The Labute approximate surface area is 246 Å². The van der Waals surface area contributed by atoms with Crippen molar-refractivity contribution in [3.63, 3.8) is 0 Å². The summed E-state index contributed by atoms with van der Waals surface area (Å²) in [5.41, 5.74) is 0.983. The van der Waals surface area contributed by atoms with Gasteiger partial charge in [-0.3, -0.25) is 9.59 Å². The van der Waals surface area contributed by atoms with Gasteiger partial charge in [0.2, 0.25) is 0 Å². The zero-order valence-corrected chi connectivity index (χ0v) is 26.9. The standard InChI is InChI=1S/C34H52O7/c1-20(17-26(40-22(3)38)29-31(6,7)41-29)23-11-13-33(9)24(23)18-25(39-21(2)37)28-32(8,15-16-35)27(30(4,5)19-36)12-14-34(28,33)10/h16,19-20,25-29H,11-15,17-18H2,1-10H3/t20-,25+,26+,27?,28+,29-,32+,33+,34+/m1/s1. The Balaban J connectivity index is 1.77. The summed E-state index contributed by atoms with van der Waals surface area (Å²) < 4.78 is 17.9. The Morgan fingerprint density at radius 3 is 2.22 bits per heavy atom. The van der Waals surface area contributed by atoms with E-state index in [1.807, 2.05) is 27.7 Å². The Hall–Kier alpha value is -2.02. The average Bonchev–Trinajstić information content (AvgIpc) is 3.34. The van der Waals surface area contributed by atoms with Gasteiger partial charge < -0.3 is 23.8 Å². The summed E-state index contributed by atoms with van der Waals surface area (Å²) in [6, 6.07) is 0. The maximum Gasteiger partial charge on any atom is 0.302 e. The van der Waals surface area contributed by atoms with Crippen LogP contribution in [-0.4, -0.2) is 48.4 Å². The smallest absolute Gasteiger partial charge is 0.302 e. The van der Waals surface area contributed by atoms with Crippen molar-refractivity contribution in [2.24, 2.45) is 39.4 Å². The van der Waals surface area contributed by atoms with Crippen LogP contribution in [0.1, 0.15) is 114 Å². The number of aldehydes is 2. The van der Waals surface area contributed by atoms with Gasteiger partial charge in [-0.15, -0.1) is 0 Å². The second-order valence-electron chi connectivity index (χ2n) is 15.4. The van der Waals surface area contributed by atoms with Crippen LogP contribution in [0.25, 0.3) is 0 Å². The lowest BCUT2D eigenvalue weighted by atomic mass is 9.37. The first-order valence-corrected chi connectivity index (χ1v) is 15.5. The number of allylic oxidation sites excluding steroid dienone is 1.